The molecule has 1 aliphatic rings. The molecule has 2 heterocycles. The van der Waals surface area contributed by atoms with Crippen molar-refractivity contribution < 1.29 is 19.7 Å². The highest BCUT2D eigenvalue weighted by Gasteiger charge is 2.34. The molecule has 7 nitrogen and oxygen atoms in total. The molecule has 37 heavy (non-hydrogen) atoms. The van der Waals surface area contributed by atoms with Gasteiger partial charge < -0.3 is 14.9 Å². The number of hydrogen-bond acceptors (Lipinski definition) is 7. The molecule has 10 heteroatoms. The van der Waals surface area contributed by atoms with Crippen molar-refractivity contribution >= 4 is 66.0 Å². The maximum atomic E-state index is 13.9. The van der Waals surface area contributed by atoms with Gasteiger partial charge in [0.05, 0.1) is 32.9 Å². The highest BCUT2D eigenvalue weighted by atomic mass is 79.9. The zero-order chi connectivity index (χ0) is 26.4. The van der Waals surface area contributed by atoms with Gasteiger partial charge in [0.15, 0.2) is 4.80 Å². The molecule has 0 bridgehead atoms. The van der Waals surface area contributed by atoms with Gasteiger partial charge in [0, 0.05) is 5.56 Å². The summed E-state index contributed by atoms with van der Waals surface area (Å²) in [5.74, 6) is -0.887. The van der Waals surface area contributed by atoms with E-state index in [0.29, 0.717) is 30.6 Å². The summed E-state index contributed by atoms with van der Waals surface area (Å²) in [6.45, 7) is 3.66. The van der Waals surface area contributed by atoms with Crippen LogP contribution in [0.1, 0.15) is 31.0 Å². The van der Waals surface area contributed by atoms with Gasteiger partial charge in [0.25, 0.3) is 5.56 Å². The average Bonchev–Trinajstić information content (AvgIpc) is 3.19. The van der Waals surface area contributed by atoms with Crippen molar-refractivity contribution in [3.8, 4) is 11.5 Å². The van der Waals surface area contributed by atoms with Crippen molar-refractivity contribution in [2.24, 2.45) is 4.99 Å². The number of allylic oxidation sites excluding steroid dienone is 1. The van der Waals surface area contributed by atoms with E-state index in [4.69, 9.17) is 4.74 Å². The van der Waals surface area contributed by atoms with Crippen LogP contribution in [0, 0.1) is 0 Å². The molecule has 0 aliphatic carbocycles. The second-order valence-corrected chi connectivity index (χ2v) is 11.0. The monoisotopic (exact) mass is 642 g/mol. The van der Waals surface area contributed by atoms with Gasteiger partial charge in [-0.1, -0.05) is 53.8 Å². The smallest absolute Gasteiger partial charge is 0.338 e. The predicted octanol–water partition coefficient (Wildman–Crippen LogP) is 4.89. The molecule has 0 amide bonds. The molecule has 2 N–H and O–H groups in total. The molecule has 0 unspecified atom stereocenters. The third kappa shape index (κ3) is 4.32. The lowest BCUT2D eigenvalue weighted by atomic mass is 9.91. The van der Waals surface area contributed by atoms with Gasteiger partial charge in [-0.25, -0.2) is 9.79 Å². The Bertz CT molecular complexity index is 1800. The van der Waals surface area contributed by atoms with Crippen molar-refractivity contribution in [2.45, 2.75) is 19.9 Å². The maximum Gasteiger partial charge on any atom is 0.338 e. The minimum Gasteiger partial charge on any atom is -0.506 e. The molecule has 1 atom stereocenters. The number of aromatic nitrogens is 1. The van der Waals surface area contributed by atoms with Crippen LogP contribution in [0.25, 0.3) is 16.8 Å². The van der Waals surface area contributed by atoms with Crippen molar-refractivity contribution in [3.05, 3.63) is 99.6 Å². The normalized spacial score (nSPS) is 15.6. The number of phenols is 2. The lowest BCUT2D eigenvalue weighted by Crippen LogP contribution is -2.40. The summed E-state index contributed by atoms with van der Waals surface area (Å²) >= 11 is 7.59. The number of esters is 1. The van der Waals surface area contributed by atoms with Gasteiger partial charge >= 0.3 is 5.97 Å². The fraction of sp³-hybridized carbons (Fsp3) is 0.148. The van der Waals surface area contributed by atoms with E-state index in [1.54, 1.807) is 13.8 Å². The molecule has 3 aromatic carbocycles. The van der Waals surface area contributed by atoms with Crippen molar-refractivity contribution in [1.29, 1.82) is 0 Å². The Morgan fingerprint density at radius 2 is 1.89 bits per heavy atom. The molecule has 1 aromatic heterocycles. The largest absolute Gasteiger partial charge is 0.506 e. The molecule has 0 saturated heterocycles. The first-order chi connectivity index (χ1) is 17.7. The second kappa shape index (κ2) is 9.92. The average molecular weight is 644 g/mol. The molecule has 0 radical (unpaired) electrons. The van der Waals surface area contributed by atoms with E-state index in [9.17, 15) is 19.8 Å². The van der Waals surface area contributed by atoms with Crippen molar-refractivity contribution in [3.63, 3.8) is 0 Å². The summed E-state index contributed by atoms with van der Waals surface area (Å²) in [6.07, 6.45) is 1.54. The number of carbonyl (C=O) groups excluding carboxylic acids is 1. The van der Waals surface area contributed by atoms with Crippen LogP contribution in [0.15, 0.2) is 78.5 Å². The number of fused-ring (bicyclic) bond motifs is 2. The summed E-state index contributed by atoms with van der Waals surface area (Å²) in [5, 5.41) is 22.5. The quantitative estimate of drug-likeness (QED) is 0.309. The molecule has 5 rings (SSSR count). The Morgan fingerprint density at radius 3 is 2.65 bits per heavy atom. The first kappa shape index (κ1) is 25.4. The summed E-state index contributed by atoms with van der Waals surface area (Å²) < 4.78 is 7.66. The van der Waals surface area contributed by atoms with Crippen LogP contribution in [-0.4, -0.2) is 27.4 Å². The van der Waals surface area contributed by atoms with Crippen LogP contribution in [0.4, 0.5) is 0 Å². The molecule has 188 valence electrons. The molecule has 0 spiro atoms. The number of benzene rings is 3. The lowest BCUT2D eigenvalue weighted by molar-refractivity contribution is -0.139. The topological polar surface area (TPSA) is 101 Å². The highest BCUT2D eigenvalue weighted by molar-refractivity contribution is 9.11. The maximum absolute atomic E-state index is 13.9. The lowest BCUT2D eigenvalue weighted by Gasteiger charge is -2.25. The van der Waals surface area contributed by atoms with E-state index in [1.807, 2.05) is 42.5 Å². The van der Waals surface area contributed by atoms with E-state index in [2.05, 4.69) is 36.9 Å². The SMILES string of the molecule is CCOC(=O)C1=C(C)N=c2s/c(=C/c3cc(Br)c(O)c(Br)c3O)c(=O)n2[C@H]1c1cccc2ccccc12. The standard InChI is InChI=1S/C27H20Br2N2O5S/c1-3-36-26(35)20-13(2)30-27-31(22(20)17-10-6-8-14-7-4-5-9-16(14)17)25(34)19(37-27)12-15-11-18(28)24(33)21(29)23(15)32/h4-12,22,32-33H,3H2,1-2H3/b19-12+/t22-/m0/s1. The number of aromatic hydroxyl groups is 2. The van der Waals surface area contributed by atoms with Crippen molar-refractivity contribution in [1.82, 2.24) is 4.57 Å². The second-order valence-electron chi connectivity index (χ2n) is 8.33. The molecule has 4 aromatic rings. The van der Waals surface area contributed by atoms with E-state index >= 15 is 0 Å². The first-order valence-corrected chi connectivity index (χ1v) is 13.7. The zero-order valence-corrected chi connectivity index (χ0v) is 23.6. The van der Waals surface area contributed by atoms with Gasteiger partial charge in [-0.3, -0.25) is 9.36 Å². The minimum absolute atomic E-state index is 0.106. The van der Waals surface area contributed by atoms with Crippen LogP contribution in [-0.2, 0) is 9.53 Å². The number of phenolic OH excluding ortho intramolecular Hbond substituents is 2. The molecular formula is C27H20Br2N2O5S. The molecule has 1 aliphatic heterocycles. The van der Waals surface area contributed by atoms with E-state index < -0.39 is 12.0 Å². The van der Waals surface area contributed by atoms with Crippen LogP contribution >= 0.6 is 43.2 Å². The van der Waals surface area contributed by atoms with Crippen LogP contribution in [0.2, 0.25) is 0 Å². The summed E-state index contributed by atoms with van der Waals surface area (Å²) in [4.78, 5) is 32.1. The fourth-order valence-corrected chi connectivity index (χ4v) is 6.63. The summed E-state index contributed by atoms with van der Waals surface area (Å²) in [5.41, 5.74) is 1.51. The number of ether oxygens (including phenoxy) is 1. The van der Waals surface area contributed by atoms with Gasteiger partial charge in [0.1, 0.15) is 16.0 Å². The Morgan fingerprint density at radius 1 is 1.16 bits per heavy atom. The number of halogens is 2. The first-order valence-electron chi connectivity index (χ1n) is 11.3. The molecule has 0 saturated carbocycles. The molecular weight excluding hydrogens is 624 g/mol. The van der Waals surface area contributed by atoms with Crippen LogP contribution in [0.5, 0.6) is 11.5 Å². The van der Waals surface area contributed by atoms with E-state index in [-0.39, 0.29) is 28.1 Å². The van der Waals surface area contributed by atoms with Crippen molar-refractivity contribution in [2.75, 3.05) is 6.61 Å². The molecule has 0 fully saturated rings. The fourth-order valence-electron chi connectivity index (χ4n) is 4.44. The Kier molecular flexibility index (Phi) is 6.82. The highest BCUT2D eigenvalue weighted by Crippen LogP contribution is 2.41. The zero-order valence-electron chi connectivity index (χ0n) is 19.7. The van der Waals surface area contributed by atoms with E-state index in [0.717, 1.165) is 27.7 Å². The number of hydrogen-bond donors (Lipinski definition) is 2. The third-order valence-electron chi connectivity index (χ3n) is 6.12. The number of thiazole rings is 1. The Labute approximate surface area is 231 Å². The van der Waals surface area contributed by atoms with Gasteiger partial charge in [-0.05, 0) is 74.2 Å². The van der Waals surface area contributed by atoms with Gasteiger partial charge in [-0.15, -0.1) is 0 Å². The number of nitrogens with zero attached hydrogens (tertiary/aromatic N) is 2. The predicted molar refractivity (Wildman–Crippen MR) is 150 cm³/mol. The third-order valence-corrected chi connectivity index (χ3v) is 8.46. The number of carbonyl (C=O) groups is 1. The summed E-state index contributed by atoms with van der Waals surface area (Å²) in [7, 11) is 0. The van der Waals surface area contributed by atoms with Gasteiger partial charge in [0.2, 0.25) is 0 Å². The van der Waals surface area contributed by atoms with Crippen LogP contribution < -0.4 is 14.9 Å². The minimum atomic E-state index is -0.754. The summed E-state index contributed by atoms with van der Waals surface area (Å²) in [6, 6.07) is 14.3. The number of rotatable bonds is 4. The Hall–Kier alpha value is -3.21. The Balaban J connectivity index is 1.81. The van der Waals surface area contributed by atoms with Crippen LogP contribution in [0.3, 0.4) is 0 Å². The van der Waals surface area contributed by atoms with Gasteiger partial charge in [-0.2, -0.15) is 0 Å². The van der Waals surface area contributed by atoms with E-state index in [1.165, 1.54) is 16.7 Å².